The second kappa shape index (κ2) is 6.03. The molecular formula is C20H16ClN7. The average Bonchev–Trinajstić information content (AvgIpc) is 3.19. The van der Waals surface area contributed by atoms with Gasteiger partial charge in [-0.25, -0.2) is 9.97 Å². The Labute approximate surface area is 165 Å². The number of anilines is 1. The third-order valence-electron chi connectivity index (χ3n) is 4.90. The van der Waals surface area contributed by atoms with Crippen molar-refractivity contribution >= 4 is 39.5 Å². The van der Waals surface area contributed by atoms with E-state index in [4.69, 9.17) is 17.3 Å². The molecule has 0 saturated heterocycles. The van der Waals surface area contributed by atoms with Gasteiger partial charge in [0.2, 0.25) is 5.95 Å². The van der Waals surface area contributed by atoms with E-state index < -0.39 is 0 Å². The Morgan fingerprint density at radius 1 is 0.929 bits per heavy atom. The molecule has 0 aliphatic rings. The molecule has 0 atom stereocenters. The molecule has 0 amide bonds. The number of aryl methyl sites for hydroxylation is 2. The quantitative estimate of drug-likeness (QED) is 0.496. The topological polar surface area (TPSA) is 87.4 Å². The third-order valence-corrected chi connectivity index (χ3v) is 5.13. The monoisotopic (exact) mass is 389 g/mol. The van der Waals surface area contributed by atoms with E-state index in [9.17, 15) is 0 Å². The van der Waals surface area contributed by atoms with Gasteiger partial charge in [0, 0.05) is 65.1 Å². The summed E-state index contributed by atoms with van der Waals surface area (Å²) in [5, 5.41) is 11.0. The highest BCUT2D eigenvalue weighted by Gasteiger charge is 2.20. The molecule has 138 valence electrons. The fourth-order valence-electron chi connectivity index (χ4n) is 3.66. The van der Waals surface area contributed by atoms with Crippen LogP contribution < -0.4 is 5.73 Å². The Kier molecular flexibility index (Phi) is 3.60. The van der Waals surface area contributed by atoms with E-state index in [0.29, 0.717) is 16.4 Å². The zero-order valence-corrected chi connectivity index (χ0v) is 16.0. The molecule has 8 heteroatoms. The summed E-state index contributed by atoms with van der Waals surface area (Å²) in [6.07, 6.45) is 5.77. The number of rotatable bonds is 2. The van der Waals surface area contributed by atoms with E-state index in [1.54, 1.807) is 6.20 Å². The molecule has 0 unspecified atom stereocenters. The fraction of sp³-hybridized carbons (Fsp3) is 0.100. The van der Waals surface area contributed by atoms with Gasteiger partial charge in [-0.15, -0.1) is 10.2 Å². The van der Waals surface area contributed by atoms with E-state index >= 15 is 0 Å². The van der Waals surface area contributed by atoms with Crippen LogP contribution in [0.15, 0.2) is 48.9 Å². The minimum absolute atomic E-state index is 0.123. The van der Waals surface area contributed by atoms with Crippen molar-refractivity contribution in [1.29, 1.82) is 0 Å². The van der Waals surface area contributed by atoms with E-state index in [1.807, 2.05) is 66.0 Å². The summed E-state index contributed by atoms with van der Waals surface area (Å²) in [6, 6.07) is 9.71. The average molecular weight is 390 g/mol. The largest absolute Gasteiger partial charge is 0.366 e. The Bertz CT molecular complexity index is 1370. The maximum Gasteiger partial charge on any atom is 0.240 e. The predicted molar refractivity (Wildman–Crippen MR) is 111 cm³/mol. The van der Waals surface area contributed by atoms with Crippen molar-refractivity contribution in [3.63, 3.8) is 0 Å². The first kappa shape index (κ1) is 16.7. The van der Waals surface area contributed by atoms with Crippen molar-refractivity contribution < 1.29 is 0 Å². The number of pyridine rings is 1. The van der Waals surface area contributed by atoms with Crippen molar-refractivity contribution in [1.82, 2.24) is 29.3 Å². The van der Waals surface area contributed by atoms with Crippen LogP contribution >= 0.6 is 11.6 Å². The van der Waals surface area contributed by atoms with Gasteiger partial charge in [0.1, 0.15) is 17.0 Å². The van der Waals surface area contributed by atoms with Gasteiger partial charge in [-0.1, -0.05) is 11.6 Å². The highest BCUT2D eigenvalue weighted by Crippen LogP contribution is 2.38. The Hall–Kier alpha value is -3.45. The van der Waals surface area contributed by atoms with Crippen molar-refractivity contribution in [2.24, 2.45) is 14.1 Å². The van der Waals surface area contributed by atoms with Gasteiger partial charge >= 0.3 is 0 Å². The van der Waals surface area contributed by atoms with E-state index in [1.165, 1.54) is 0 Å². The van der Waals surface area contributed by atoms with Gasteiger partial charge in [0.25, 0.3) is 0 Å². The third kappa shape index (κ3) is 2.44. The van der Waals surface area contributed by atoms with Crippen molar-refractivity contribution in [2.45, 2.75) is 0 Å². The summed E-state index contributed by atoms with van der Waals surface area (Å²) in [7, 11) is 3.94. The lowest BCUT2D eigenvalue weighted by Crippen LogP contribution is -2.02. The molecule has 0 spiro atoms. The number of nitrogens with two attached hydrogens (primary N) is 1. The van der Waals surface area contributed by atoms with Crippen molar-refractivity contribution in [3.05, 3.63) is 53.9 Å². The lowest BCUT2D eigenvalue weighted by molar-refractivity contribution is 0.946. The van der Waals surface area contributed by atoms with Crippen LogP contribution in [0.1, 0.15) is 0 Å². The van der Waals surface area contributed by atoms with Crippen LogP contribution in [0.4, 0.5) is 5.95 Å². The molecule has 2 N–H and O–H groups in total. The number of benzene rings is 1. The molecule has 0 radical (unpaired) electrons. The molecular weight excluding hydrogens is 374 g/mol. The molecule has 0 fully saturated rings. The van der Waals surface area contributed by atoms with Crippen LogP contribution in [0.25, 0.3) is 44.5 Å². The first-order valence-electron chi connectivity index (χ1n) is 8.68. The summed E-state index contributed by atoms with van der Waals surface area (Å²) in [5.41, 5.74) is 10.9. The van der Waals surface area contributed by atoms with Crippen LogP contribution in [0.3, 0.4) is 0 Å². The molecule has 5 rings (SSSR count). The second-order valence-corrected chi connectivity index (χ2v) is 7.15. The molecule has 0 saturated carbocycles. The highest BCUT2D eigenvalue weighted by molar-refractivity contribution is 6.31. The Balaban J connectivity index is 1.85. The summed E-state index contributed by atoms with van der Waals surface area (Å²) in [4.78, 5) is 9.01. The second-order valence-electron chi connectivity index (χ2n) is 6.71. The molecule has 7 nitrogen and oxygen atoms in total. The van der Waals surface area contributed by atoms with Crippen LogP contribution in [0.5, 0.6) is 0 Å². The van der Waals surface area contributed by atoms with E-state index in [0.717, 1.165) is 33.1 Å². The lowest BCUT2D eigenvalue weighted by Gasteiger charge is -2.06. The zero-order chi connectivity index (χ0) is 19.4. The summed E-state index contributed by atoms with van der Waals surface area (Å²) >= 11 is 6.26. The molecule has 0 aliphatic carbocycles. The summed E-state index contributed by atoms with van der Waals surface area (Å²) in [6.45, 7) is 0. The Morgan fingerprint density at radius 2 is 1.71 bits per heavy atom. The molecule has 1 aromatic carbocycles. The molecule has 0 bridgehead atoms. The first-order chi connectivity index (χ1) is 13.5. The number of hydrogen-bond donors (Lipinski definition) is 1. The van der Waals surface area contributed by atoms with E-state index in [2.05, 4.69) is 20.2 Å². The maximum absolute atomic E-state index is 6.26. The van der Waals surface area contributed by atoms with Gasteiger partial charge in [0.05, 0.1) is 0 Å². The highest BCUT2D eigenvalue weighted by atomic mass is 35.5. The lowest BCUT2D eigenvalue weighted by atomic mass is 10.0. The Morgan fingerprint density at radius 3 is 2.57 bits per heavy atom. The van der Waals surface area contributed by atoms with Gasteiger partial charge in [-0.3, -0.25) is 0 Å². The van der Waals surface area contributed by atoms with Gasteiger partial charge < -0.3 is 14.9 Å². The standard InChI is InChI=1S/C20H16ClN7/c1-27-9-15(13-8-11(21)5-6-16(13)27)18-17(24-20(22)26-25-18)14-10-28(2)19-12(14)4-3-7-23-19/h3-10H,1-2H3,(H2,22,24,26). The van der Waals surface area contributed by atoms with E-state index in [-0.39, 0.29) is 5.95 Å². The normalized spacial score (nSPS) is 11.5. The maximum atomic E-state index is 6.26. The number of nitrogen functional groups attached to an aromatic ring is 1. The minimum Gasteiger partial charge on any atom is -0.366 e. The van der Waals surface area contributed by atoms with Crippen molar-refractivity contribution in [3.8, 4) is 22.5 Å². The fourth-order valence-corrected chi connectivity index (χ4v) is 3.83. The SMILES string of the molecule is Cn1cc(-c2nnc(N)nc2-c2cn(C)c3ncccc23)c2cc(Cl)ccc21. The number of fused-ring (bicyclic) bond motifs is 2. The smallest absolute Gasteiger partial charge is 0.240 e. The number of nitrogens with zero attached hydrogens (tertiary/aromatic N) is 6. The number of halogens is 1. The molecule has 4 heterocycles. The van der Waals surface area contributed by atoms with Gasteiger partial charge in [-0.2, -0.15) is 0 Å². The molecule has 0 aliphatic heterocycles. The van der Waals surface area contributed by atoms with Crippen molar-refractivity contribution in [2.75, 3.05) is 5.73 Å². The summed E-state index contributed by atoms with van der Waals surface area (Å²) in [5.74, 6) is 0.123. The number of hydrogen-bond acceptors (Lipinski definition) is 5. The molecule has 28 heavy (non-hydrogen) atoms. The molecule has 5 aromatic rings. The van der Waals surface area contributed by atoms with Crippen LogP contribution in [0, 0.1) is 0 Å². The van der Waals surface area contributed by atoms with Gasteiger partial charge in [0.15, 0.2) is 0 Å². The van der Waals surface area contributed by atoms with Crippen LogP contribution in [-0.2, 0) is 14.1 Å². The number of aromatic nitrogens is 6. The zero-order valence-electron chi connectivity index (χ0n) is 15.3. The predicted octanol–water partition coefficient (Wildman–Crippen LogP) is 3.82. The first-order valence-corrected chi connectivity index (χ1v) is 9.06. The van der Waals surface area contributed by atoms with Gasteiger partial charge in [-0.05, 0) is 30.3 Å². The summed E-state index contributed by atoms with van der Waals surface area (Å²) < 4.78 is 4.00. The van der Waals surface area contributed by atoms with Crippen LogP contribution in [-0.4, -0.2) is 29.3 Å². The minimum atomic E-state index is 0.123. The molecule has 4 aromatic heterocycles. The van der Waals surface area contributed by atoms with Crippen LogP contribution in [0.2, 0.25) is 5.02 Å².